The molecule has 1 fully saturated rings. The molecule has 2 heterocycles. The first kappa shape index (κ1) is 15.8. The zero-order chi connectivity index (χ0) is 15.2. The Hall–Kier alpha value is -1.60. The molecule has 2 unspecified atom stereocenters. The van der Waals surface area contributed by atoms with Gasteiger partial charge in [-0.25, -0.2) is 0 Å². The second kappa shape index (κ2) is 7.42. The Bertz CT molecular complexity index is 458. The molecule has 1 aliphatic heterocycles. The first-order chi connectivity index (χ1) is 10.1. The summed E-state index contributed by atoms with van der Waals surface area (Å²) in [5, 5.41) is 7.28. The molecule has 2 rings (SSSR count). The highest BCUT2D eigenvalue weighted by atomic mass is 16.5. The number of nitrogens with two attached hydrogens (primary N) is 1. The van der Waals surface area contributed by atoms with E-state index >= 15 is 0 Å². The molecule has 1 aromatic heterocycles. The molecule has 1 aliphatic rings. The van der Waals surface area contributed by atoms with Gasteiger partial charge in [0.1, 0.15) is 0 Å². The van der Waals surface area contributed by atoms with Crippen LogP contribution in [0.2, 0.25) is 0 Å². The third-order valence-corrected chi connectivity index (χ3v) is 3.85. The van der Waals surface area contributed by atoms with Gasteiger partial charge in [-0.2, -0.15) is 5.10 Å². The average molecular weight is 295 g/mol. The summed E-state index contributed by atoms with van der Waals surface area (Å²) in [6, 6.07) is 0.168. The van der Waals surface area contributed by atoms with E-state index in [2.05, 4.69) is 15.3 Å². The van der Waals surface area contributed by atoms with Crippen LogP contribution in [0.25, 0.3) is 0 Å². The van der Waals surface area contributed by atoms with Crippen molar-refractivity contribution in [1.82, 2.24) is 15.1 Å². The van der Waals surface area contributed by atoms with Gasteiger partial charge in [0.05, 0.1) is 24.4 Å². The number of piperidine rings is 1. The van der Waals surface area contributed by atoms with Crippen molar-refractivity contribution in [2.75, 3.05) is 31.6 Å². The number of nitrogens with one attached hydrogen (secondary N) is 1. The van der Waals surface area contributed by atoms with Crippen LogP contribution in [0.4, 0.5) is 5.69 Å². The maximum Gasteiger partial charge on any atom is 0.222 e. The van der Waals surface area contributed by atoms with Crippen LogP contribution in [0.5, 0.6) is 0 Å². The number of methoxy groups -OCH3 is 1. The van der Waals surface area contributed by atoms with E-state index in [9.17, 15) is 4.79 Å². The summed E-state index contributed by atoms with van der Waals surface area (Å²) in [4.78, 5) is 14.3. The van der Waals surface area contributed by atoms with Crippen LogP contribution >= 0.6 is 0 Å². The summed E-state index contributed by atoms with van der Waals surface area (Å²) in [5.41, 5.74) is 6.65. The Morgan fingerprint density at radius 1 is 1.67 bits per heavy atom. The third kappa shape index (κ3) is 4.44. The zero-order valence-corrected chi connectivity index (χ0v) is 12.8. The van der Waals surface area contributed by atoms with Crippen molar-refractivity contribution in [1.29, 1.82) is 0 Å². The van der Waals surface area contributed by atoms with E-state index in [0.29, 0.717) is 13.0 Å². The van der Waals surface area contributed by atoms with Gasteiger partial charge in [-0.3, -0.25) is 9.48 Å². The molecule has 0 radical (unpaired) electrons. The minimum Gasteiger partial charge on any atom is -0.380 e. The van der Waals surface area contributed by atoms with E-state index in [1.165, 1.54) is 0 Å². The molecule has 1 amide bonds. The van der Waals surface area contributed by atoms with Gasteiger partial charge in [0, 0.05) is 46.0 Å². The van der Waals surface area contributed by atoms with Crippen LogP contribution in [0.15, 0.2) is 12.4 Å². The molecule has 0 saturated carbocycles. The van der Waals surface area contributed by atoms with Crippen LogP contribution in [0.1, 0.15) is 19.3 Å². The zero-order valence-electron chi connectivity index (χ0n) is 12.8. The first-order valence-electron chi connectivity index (χ1n) is 7.38. The number of ether oxygens (including phenoxy) is 1. The summed E-state index contributed by atoms with van der Waals surface area (Å²) < 4.78 is 6.94. The number of carbonyl (C=O) groups is 1. The second-order valence-corrected chi connectivity index (χ2v) is 5.52. The van der Waals surface area contributed by atoms with Crippen LogP contribution < -0.4 is 16.0 Å². The highest BCUT2D eigenvalue weighted by Crippen LogP contribution is 2.19. The Morgan fingerprint density at radius 3 is 3.10 bits per heavy atom. The third-order valence-electron chi connectivity index (χ3n) is 3.85. The van der Waals surface area contributed by atoms with Crippen LogP contribution in [-0.4, -0.2) is 54.6 Å². The molecule has 0 aromatic carbocycles. The monoisotopic (exact) mass is 295 g/mol. The van der Waals surface area contributed by atoms with Gasteiger partial charge >= 0.3 is 0 Å². The maximum absolute atomic E-state index is 12.0. The largest absolute Gasteiger partial charge is 0.380 e. The number of aromatic nitrogens is 2. The lowest BCUT2D eigenvalue weighted by Crippen LogP contribution is -2.48. The number of hydrogen-bond donors (Lipinski definition) is 2. The highest BCUT2D eigenvalue weighted by molar-refractivity contribution is 5.77. The number of amides is 1. The lowest BCUT2D eigenvalue weighted by molar-refractivity contribution is -0.124. The van der Waals surface area contributed by atoms with Crippen molar-refractivity contribution in [3.63, 3.8) is 0 Å². The maximum atomic E-state index is 12.0. The smallest absolute Gasteiger partial charge is 0.222 e. The van der Waals surface area contributed by atoms with E-state index in [1.807, 2.05) is 19.4 Å². The van der Waals surface area contributed by atoms with Crippen molar-refractivity contribution in [2.24, 2.45) is 12.8 Å². The fourth-order valence-corrected chi connectivity index (χ4v) is 2.66. The minimum atomic E-state index is -0.206. The van der Waals surface area contributed by atoms with E-state index < -0.39 is 0 Å². The van der Waals surface area contributed by atoms with Crippen LogP contribution in [0.3, 0.4) is 0 Å². The van der Waals surface area contributed by atoms with Gasteiger partial charge in [-0.1, -0.05) is 0 Å². The molecular formula is C14H25N5O2. The van der Waals surface area contributed by atoms with Crippen LogP contribution in [0, 0.1) is 0 Å². The van der Waals surface area contributed by atoms with Crippen molar-refractivity contribution in [3.8, 4) is 0 Å². The molecule has 118 valence electrons. The van der Waals surface area contributed by atoms with E-state index in [-0.39, 0.29) is 18.1 Å². The Morgan fingerprint density at radius 2 is 2.48 bits per heavy atom. The van der Waals surface area contributed by atoms with Crippen molar-refractivity contribution in [3.05, 3.63) is 12.4 Å². The summed E-state index contributed by atoms with van der Waals surface area (Å²) in [7, 11) is 3.49. The Kier molecular flexibility index (Phi) is 5.58. The predicted octanol–water partition coefficient (Wildman–Crippen LogP) is -0.131. The number of nitrogens with zero attached hydrogens (tertiary/aromatic N) is 3. The second-order valence-electron chi connectivity index (χ2n) is 5.52. The molecule has 0 bridgehead atoms. The lowest BCUT2D eigenvalue weighted by Gasteiger charge is -2.34. The average Bonchev–Trinajstić information content (AvgIpc) is 2.91. The van der Waals surface area contributed by atoms with Crippen molar-refractivity contribution < 1.29 is 9.53 Å². The number of aryl methyl sites for hydroxylation is 1. The molecular weight excluding hydrogens is 270 g/mol. The van der Waals surface area contributed by atoms with Gasteiger partial charge in [0.2, 0.25) is 5.91 Å². The topological polar surface area (TPSA) is 85.4 Å². The normalized spacial score (nSPS) is 20.3. The molecule has 1 aromatic rings. The lowest BCUT2D eigenvalue weighted by atomic mass is 10.0. The summed E-state index contributed by atoms with van der Waals surface area (Å²) in [6.07, 6.45) is 6.03. The van der Waals surface area contributed by atoms with Gasteiger partial charge in [-0.05, 0) is 12.8 Å². The molecule has 0 aliphatic carbocycles. The molecule has 1 saturated heterocycles. The molecule has 7 heteroatoms. The molecule has 0 spiro atoms. The van der Waals surface area contributed by atoms with Crippen molar-refractivity contribution in [2.45, 2.75) is 31.4 Å². The molecule has 21 heavy (non-hydrogen) atoms. The number of hydrogen-bond acceptors (Lipinski definition) is 5. The summed E-state index contributed by atoms with van der Waals surface area (Å²) in [6.45, 7) is 2.18. The SMILES string of the molecule is COC(CN)CC(=O)NC1CCCN(c2cnn(C)c2)C1. The van der Waals surface area contributed by atoms with Gasteiger partial charge < -0.3 is 20.7 Å². The van der Waals surface area contributed by atoms with E-state index in [0.717, 1.165) is 31.6 Å². The predicted molar refractivity (Wildman–Crippen MR) is 81.1 cm³/mol. The van der Waals surface area contributed by atoms with Gasteiger partial charge in [-0.15, -0.1) is 0 Å². The van der Waals surface area contributed by atoms with Crippen molar-refractivity contribution >= 4 is 11.6 Å². The Labute approximate surface area is 125 Å². The summed E-state index contributed by atoms with van der Waals surface area (Å²) in [5.74, 6) is 0.00494. The van der Waals surface area contributed by atoms with Gasteiger partial charge in [0.25, 0.3) is 0 Å². The fourth-order valence-electron chi connectivity index (χ4n) is 2.66. The fraction of sp³-hybridized carbons (Fsp3) is 0.714. The Balaban J connectivity index is 1.85. The number of anilines is 1. The number of carbonyl (C=O) groups excluding carboxylic acids is 1. The quantitative estimate of drug-likeness (QED) is 0.763. The standard InChI is InChI=1S/C14H25N5O2/c1-18-10-12(8-16-18)19-5-3-4-11(9-19)17-14(20)6-13(7-15)21-2/h8,10-11,13H,3-7,9,15H2,1-2H3,(H,17,20). The first-order valence-corrected chi connectivity index (χ1v) is 7.38. The van der Waals surface area contributed by atoms with E-state index in [1.54, 1.807) is 11.8 Å². The number of rotatable bonds is 6. The van der Waals surface area contributed by atoms with Gasteiger partial charge in [0.15, 0.2) is 0 Å². The molecule has 3 N–H and O–H groups in total. The molecule has 7 nitrogen and oxygen atoms in total. The van der Waals surface area contributed by atoms with Crippen LogP contribution in [-0.2, 0) is 16.6 Å². The minimum absolute atomic E-state index is 0.00494. The van der Waals surface area contributed by atoms with E-state index in [4.69, 9.17) is 10.5 Å². The summed E-state index contributed by atoms with van der Waals surface area (Å²) >= 11 is 0. The molecule has 2 atom stereocenters. The highest BCUT2D eigenvalue weighted by Gasteiger charge is 2.23.